The van der Waals surface area contributed by atoms with Crippen LogP contribution in [0.1, 0.15) is 287 Å². The van der Waals surface area contributed by atoms with E-state index in [0.717, 1.165) is 6.42 Å². The molecule has 0 radical (unpaired) electrons. The third-order valence-corrected chi connectivity index (χ3v) is 9.51. The molecule has 0 rings (SSSR count). The Morgan fingerprint density at radius 3 is 0.631 bits per heavy atom. The fourth-order valence-electron chi connectivity index (χ4n) is 3.60. The van der Waals surface area contributed by atoms with Crippen LogP contribution >= 0.6 is 0 Å². The van der Waals surface area contributed by atoms with Crippen LogP contribution in [0.25, 0.3) is 0 Å². The first-order valence-electron chi connectivity index (χ1n) is 25.8. The lowest BCUT2D eigenvalue weighted by Gasteiger charge is -2.18. The predicted molar refractivity (Wildman–Crippen MR) is 320 cm³/mol. The van der Waals surface area contributed by atoms with E-state index in [9.17, 15) is 0 Å². The molecule has 0 aliphatic heterocycles. The van der Waals surface area contributed by atoms with Gasteiger partial charge in [0.15, 0.2) is 0 Å². The van der Waals surface area contributed by atoms with E-state index in [-0.39, 0.29) is 0 Å². The lowest BCUT2D eigenvalue weighted by Crippen LogP contribution is -2.05. The van der Waals surface area contributed by atoms with Gasteiger partial charge in [-0.25, -0.2) is 0 Å². The van der Waals surface area contributed by atoms with Crippen LogP contribution in [0.5, 0.6) is 0 Å². The van der Waals surface area contributed by atoms with Crippen LogP contribution in [0.4, 0.5) is 0 Å². The van der Waals surface area contributed by atoms with Crippen molar-refractivity contribution in [2.45, 2.75) is 287 Å². The molecule has 0 unspecified atom stereocenters. The highest BCUT2D eigenvalue weighted by Crippen LogP contribution is 2.23. The fourth-order valence-corrected chi connectivity index (χ4v) is 3.60. The standard InChI is InChI=1S/C8H16.4C7H14.4C6H12.C5H10/c1-6-7(2)8(3,4)5;2*1-5-6-7(2,3)4;2*1-5-7(4)6(2)3;2*1-4-5-6(2)3;2*1-4-6(3)5-2;1-3-5-4-2/h6H,1-5H3;2*5-6H,1-4H3;2*5H2,1-4H3;2*5H,4H2,1-3H3;2*4H,5H2,1-3H3;3,5H,4H2,1-2H3/b7-6-;2*6-5-;;;;;2*6-4-;5-3-. The highest BCUT2D eigenvalue weighted by molar-refractivity contribution is 5.06. The number of rotatable bonds is 7. The van der Waals surface area contributed by atoms with E-state index in [1.54, 1.807) is 0 Å². The molecule has 0 spiro atoms. The van der Waals surface area contributed by atoms with Gasteiger partial charge < -0.3 is 0 Å². The molecule has 0 N–H and O–H groups in total. The van der Waals surface area contributed by atoms with Crippen molar-refractivity contribution < 1.29 is 0 Å². The molecular weight excluding hydrogens is 781 g/mol. The zero-order valence-electron chi connectivity index (χ0n) is 52.3. The predicted octanol–water partition coefficient (Wildman–Crippen LogP) is 25.1. The number of hydrogen-bond acceptors (Lipinski definition) is 0. The number of hydrogen-bond donors (Lipinski definition) is 0. The van der Waals surface area contributed by atoms with E-state index in [4.69, 9.17) is 0 Å². The van der Waals surface area contributed by atoms with Crippen molar-refractivity contribution in [3.8, 4) is 0 Å². The second kappa shape index (κ2) is 61.4. The SMILES string of the molecule is C/C=C(/C)C(C)(C)C.C/C=C(/C)CC.C/C=C(/C)CC.C/C=C\C(C)(C)C.C/C=C\C(C)(C)C.C/C=C\CC.CCC(C)=C(C)C.CCC(C)=C(C)C.CCC=C(C)C.CCC=C(C)C. The zero-order chi connectivity index (χ0) is 54.4. The Labute approximate surface area is 418 Å². The van der Waals surface area contributed by atoms with E-state index in [0.29, 0.717) is 16.2 Å². The molecule has 0 saturated heterocycles. The summed E-state index contributed by atoms with van der Waals surface area (Å²) >= 11 is 0. The third-order valence-electron chi connectivity index (χ3n) is 9.51. The fraction of sp³-hybridized carbons (Fsp3) is 0.692. The summed E-state index contributed by atoms with van der Waals surface area (Å²) in [6.07, 6.45) is 31.9. The molecule has 0 heteroatoms. The minimum atomic E-state index is 0.370. The van der Waals surface area contributed by atoms with Gasteiger partial charge in [-0.05, 0) is 193 Å². The molecule has 65 heavy (non-hydrogen) atoms. The van der Waals surface area contributed by atoms with Crippen LogP contribution in [0.3, 0.4) is 0 Å². The van der Waals surface area contributed by atoms with Gasteiger partial charge in [-0.2, -0.15) is 0 Å². The molecule has 0 heterocycles. The van der Waals surface area contributed by atoms with Crippen molar-refractivity contribution in [3.63, 3.8) is 0 Å². The van der Waals surface area contributed by atoms with Gasteiger partial charge in [-0.3, -0.25) is 0 Å². The van der Waals surface area contributed by atoms with E-state index < -0.39 is 0 Å². The van der Waals surface area contributed by atoms with Crippen LogP contribution in [-0.2, 0) is 0 Å². The molecule has 0 aliphatic rings. The summed E-state index contributed by atoms with van der Waals surface area (Å²) in [5.74, 6) is 0. The van der Waals surface area contributed by atoms with Crippen LogP contribution in [-0.4, -0.2) is 0 Å². The quantitative estimate of drug-likeness (QED) is 0.223. The first kappa shape index (κ1) is 85.7. The first-order valence-corrected chi connectivity index (χ1v) is 25.8. The smallest absolute Gasteiger partial charge is 0.0176 e. The molecule has 0 aromatic rings. The Hall–Kier alpha value is -2.60. The molecule has 0 aromatic heterocycles. The normalized spacial score (nSPS) is 10.9. The molecule has 0 nitrogen and oxygen atoms in total. The highest BCUT2D eigenvalue weighted by atomic mass is 14.2. The van der Waals surface area contributed by atoms with Crippen molar-refractivity contribution in [2.75, 3.05) is 0 Å². The Morgan fingerprint density at radius 2 is 0.631 bits per heavy atom. The van der Waals surface area contributed by atoms with Gasteiger partial charge in [-0.15, -0.1) is 0 Å². The average molecular weight is 912 g/mol. The summed E-state index contributed by atoms with van der Waals surface area (Å²) in [4.78, 5) is 0. The Kier molecular flexibility index (Phi) is 80.9. The second-order valence-electron chi connectivity index (χ2n) is 20.6. The molecule has 0 saturated carbocycles. The first-order chi connectivity index (χ1) is 29.5. The van der Waals surface area contributed by atoms with Gasteiger partial charge in [0.25, 0.3) is 0 Å². The topological polar surface area (TPSA) is 0 Å². The minimum Gasteiger partial charge on any atom is -0.0917 e. The molecule has 390 valence electrons. The summed E-state index contributed by atoms with van der Waals surface area (Å²) in [7, 11) is 0. The summed E-state index contributed by atoms with van der Waals surface area (Å²) in [5, 5.41) is 0. The maximum atomic E-state index is 2.22. The monoisotopic (exact) mass is 911 g/mol. The zero-order valence-corrected chi connectivity index (χ0v) is 52.3. The molecule has 0 aromatic carbocycles. The Bertz CT molecular complexity index is 1180. The van der Waals surface area contributed by atoms with Crippen molar-refractivity contribution in [1.29, 1.82) is 0 Å². The highest BCUT2D eigenvalue weighted by Gasteiger charge is 2.10. The summed E-state index contributed by atoms with van der Waals surface area (Å²) in [6.45, 7) is 75.1. The van der Waals surface area contributed by atoms with Gasteiger partial charge in [-0.1, -0.05) is 228 Å². The van der Waals surface area contributed by atoms with Gasteiger partial charge in [0.2, 0.25) is 0 Å². The Morgan fingerprint density at radius 1 is 0.354 bits per heavy atom. The van der Waals surface area contributed by atoms with E-state index >= 15 is 0 Å². The summed E-state index contributed by atoms with van der Waals surface area (Å²) in [5.41, 5.74) is 14.3. The van der Waals surface area contributed by atoms with Gasteiger partial charge >= 0.3 is 0 Å². The van der Waals surface area contributed by atoms with Crippen LogP contribution in [0, 0.1) is 16.2 Å². The van der Waals surface area contributed by atoms with Crippen LogP contribution in [0.2, 0.25) is 0 Å². The van der Waals surface area contributed by atoms with Crippen molar-refractivity contribution in [2.24, 2.45) is 16.2 Å². The lowest BCUT2D eigenvalue weighted by atomic mass is 9.88. The number of allylic oxidation sites excluding steroid dienone is 20. The van der Waals surface area contributed by atoms with E-state index in [2.05, 4.69) is 288 Å². The average Bonchev–Trinajstić information content (AvgIpc) is 3.20. The van der Waals surface area contributed by atoms with E-state index in [1.165, 1.54) is 88.7 Å². The molecular formula is C65H130. The third kappa shape index (κ3) is 126. The summed E-state index contributed by atoms with van der Waals surface area (Å²) < 4.78 is 0. The molecule has 0 amide bonds. The van der Waals surface area contributed by atoms with Crippen molar-refractivity contribution in [3.05, 3.63) is 117 Å². The molecule has 0 bridgehead atoms. The maximum absolute atomic E-state index is 2.22. The van der Waals surface area contributed by atoms with Crippen molar-refractivity contribution in [1.82, 2.24) is 0 Å². The van der Waals surface area contributed by atoms with Crippen LogP contribution in [0.15, 0.2) is 117 Å². The van der Waals surface area contributed by atoms with Gasteiger partial charge in [0.1, 0.15) is 0 Å². The van der Waals surface area contributed by atoms with E-state index in [1.807, 2.05) is 20.8 Å². The largest absolute Gasteiger partial charge is 0.0917 e. The molecule has 0 aliphatic carbocycles. The lowest BCUT2D eigenvalue weighted by molar-refractivity contribution is 0.503. The van der Waals surface area contributed by atoms with Crippen molar-refractivity contribution >= 4 is 0 Å². The summed E-state index contributed by atoms with van der Waals surface area (Å²) in [6, 6.07) is 0. The van der Waals surface area contributed by atoms with Crippen LogP contribution < -0.4 is 0 Å². The minimum absolute atomic E-state index is 0.370. The molecule has 0 atom stereocenters. The van der Waals surface area contributed by atoms with Gasteiger partial charge in [0, 0.05) is 0 Å². The second-order valence-corrected chi connectivity index (χ2v) is 20.6. The Balaban J connectivity index is -0.0000000648. The van der Waals surface area contributed by atoms with Gasteiger partial charge in [0.05, 0.1) is 0 Å². The molecule has 0 fully saturated rings. The maximum Gasteiger partial charge on any atom is -0.0176 e.